The van der Waals surface area contributed by atoms with E-state index in [-0.39, 0.29) is 5.91 Å². The largest absolute Gasteiger partial charge is 0.362 e. The summed E-state index contributed by atoms with van der Waals surface area (Å²) in [6.07, 6.45) is 1.01. The van der Waals surface area contributed by atoms with Gasteiger partial charge in [-0.05, 0) is 37.1 Å². The third kappa shape index (κ3) is 2.97. The Balaban J connectivity index is 1.43. The van der Waals surface area contributed by atoms with Gasteiger partial charge in [0.25, 0.3) is 0 Å². The molecule has 5 heteroatoms. The van der Waals surface area contributed by atoms with Crippen LogP contribution in [0, 0.1) is 0 Å². The molecule has 0 atom stereocenters. The Bertz CT molecular complexity index is 915. The molecular formula is C20H22N4O. The zero-order chi connectivity index (χ0) is 17.2. The minimum absolute atomic E-state index is 0.0337. The number of benzene rings is 2. The number of aromatic nitrogens is 2. The average Bonchev–Trinajstić information content (AvgIpc) is 3.21. The van der Waals surface area contributed by atoms with E-state index in [1.54, 1.807) is 0 Å². The first-order valence-corrected chi connectivity index (χ1v) is 8.80. The van der Waals surface area contributed by atoms with Gasteiger partial charge in [-0.2, -0.15) is 0 Å². The van der Waals surface area contributed by atoms with Crippen molar-refractivity contribution in [2.75, 3.05) is 18.0 Å². The van der Waals surface area contributed by atoms with Crippen molar-refractivity contribution in [3.05, 3.63) is 59.9 Å². The summed E-state index contributed by atoms with van der Waals surface area (Å²) in [6.45, 7) is 4.69. The summed E-state index contributed by atoms with van der Waals surface area (Å²) >= 11 is 0. The summed E-state index contributed by atoms with van der Waals surface area (Å²) in [6, 6.07) is 16.4. The summed E-state index contributed by atoms with van der Waals surface area (Å²) < 4.78 is 2.15. The van der Waals surface area contributed by atoms with Crippen molar-refractivity contribution in [3.63, 3.8) is 0 Å². The Labute approximate surface area is 147 Å². The van der Waals surface area contributed by atoms with Crippen LogP contribution in [0.3, 0.4) is 0 Å². The number of nitrogens with one attached hydrogen (secondary N) is 1. The van der Waals surface area contributed by atoms with Crippen molar-refractivity contribution in [1.29, 1.82) is 0 Å². The van der Waals surface area contributed by atoms with Gasteiger partial charge in [0.2, 0.25) is 5.91 Å². The van der Waals surface area contributed by atoms with Gasteiger partial charge >= 0.3 is 0 Å². The number of rotatable bonds is 5. The first-order valence-electron chi connectivity index (χ1n) is 8.80. The highest BCUT2D eigenvalue weighted by molar-refractivity contribution is 5.82. The van der Waals surface area contributed by atoms with Gasteiger partial charge in [0.15, 0.2) is 0 Å². The molecule has 4 rings (SSSR count). The molecule has 2 aromatic carbocycles. The smallest absolute Gasteiger partial charge is 0.239 e. The van der Waals surface area contributed by atoms with Gasteiger partial charge in [-0.1, -0.05) is 30.3 Å². The van der Waals surface area contributed by atoms with Crippen LogP contribution < -0.4 is 10.2 Å². The Kier molecular flexibility index (Phi) is 4.14. The highest BCUT2D eigenvalue weighted by atomic mass is 16.2. The fourth-order valence-electron chi connectivity index (χ4n) is 3.59. The first-order chi connectivity index (χ1) is 12.3. The fraction of sp³-hybridized carbons (Fsp3) is 0.300. The van der Waals surface area contributed by atoms with E-state index in [4.69, 9.17) is 0 Å². The predicted octanol–water partition coefficient (Wildman–Crippen LogP) is 2.74. The molecule has 5 nitrogen and oxygen atoms in total. The van der Waals surface area contributed by atoms with Gasteiger partial charge in [-0.25, -0.2) is 4.98 Å². The summed E-state index contributed by atoms with van der Waals surface area (Å²) in [5.74, 6) is 0.935. The molecule has 0 saturated heterocycles. The Hall–Kier alpha value is -2.82. The molecule has 2 heterocycles. The predicted molar refractivity (Wildman–Crippen MR) is 99.6 cm³/mol. The normalized spacial score (nSPS) is 13.2. The van der Waals surface area contributed by atoms with Crippen LogP contribution >= 0.6 is 0 Å². The second-order valence-corrected chi connectivity index (χ2v) is 6.34. The third-order valence-corrected chi connectivity index (χ3v) is 4.81. The number of nitrogens with zero attached hydrogens (tertiary/aromatic N) is 3. The lowest BCUT2D eigenvalue weighted by molar-refractivity contribution is -0.119. The van der Waals surface area contributed by atoms with E-state index in [1.807, 2.05) is 24.3 Å². The van der Waals surface area contributed by atoms with Crippen LogP contribution in [0.15, 0.2) is 48.5 Å². The van der Waals surface area contributed by atoms with Crippen LogP contribution in [-0.4, -0.2) is 28.5 Å². The molecule has 1 N–H and O–H groups in total. The number of hydrogen-bond acceptors (Lipinski definition) is 3. The first kappa shape index (κ1) is 15.7. The Morgan fingerprint density at radius 3 is 2.84 bits per heavy atom. The van der Waals surface area contributed by atoms with Crippen molar-refractivity contribution in [2.45, 2.75) is 26.4 Å². The molecule has 1 aliphatic rings. The quantitative estimate of drug-likeness (QED) is 0.780. The van der Waals surface area contributed by atoms with Crippen LogP contribution in [0.4, 0.5) is 5.69 Å². The maximum atomic E-state index is 12.4. The van der Waals surface area contributed by atoms with Crippen LogP contribution in [0.2, 0.25) is 0 Å². The molecule has 1 aromatic heterocycles. The maximum absolute atomic E-state index is 12.4. The molecule has 0 aliphatic carbocycles. The van der Waals surface area contributed by atoms with E-state index in [9.17, 15) is 4.79 Å². The van der Waals surface area contributed by atoms with E-state index in [2.05, 4.69) is 51.0 Å². The van der Waals surface area contributed by atoms with Crippen LogP contribution in [0.25, 0.3) is 11.0 Å². The van der Waals surface area contributed by atoms with E-state index in [1.165, 1.54) is 11.3 Å². The molecule has 0 fully saturated rings. The van der Waals surface area contributed by atoms with E-state index < -0.39 is 0 Å². The van der Waals surface area contributed by atoms with Gasteiger partial charge in [-0.3, -0.25) is 4.79 Å². The van der Waals surface area contributed by atoms with Gasteiger partial charge < -0.3 is 14.8 Å². The minimum Gasteiger partial charge on any atom is -0.362 e. The van der Waals surface area contributed by atoms with Gasteiger partial charge in [0.1, 0.15) is 5.82 Å². The second-order valence-electron chi connectivity index (χ2n) is 6.34. The lowest BCUT2D eigenvalue weighted by Crippen LogP contribution is -2.36. The monoisotopic (exact) mass is 334 g/mol. The number of fused-ring (bicyclic) bond motifs is 2. The number of aryl methyl sites for hydroxylation is 1. The van der Waals surface area contributed by atoms with Gasteiger partial charge in [-0.15, -0.1) is 0 Å². The molecular weight excluding hydrogens is 312 g/mol. The average molecular weight is 334 g/mol. The molecule has 0 spiro atoms. The second kappa shape index (κ2) is 6.59. The fourth-order valence-corrected chi connectivity index (χ4v) is 3.59. The molecule has 0 radical (unpaired) electrons. The lowest BCUT2D eigenvalue weighted by Gasteiger charge is -2.18. The van der Waals surface area contributed by atoms with Crippen molar-refractivity contribution in [2.24, 2.45) is 0 Å². The summed E-state index contributed by atoms with van der Waals surface area (Å²) in [7, 11) is 0. The molecule has 1 amide bonds. The van der Waals surface area contributed by atoms with Gasteiger partial charge in [0, 0.05) is 18.8 Å². The summed E-state index contributed by atoms with van der Waals surface area (Å²) in [5.41, 5.74) is 4.59. The standard InChI is InChI=1S/C20H22N4O/c1-2-24-18-10-6-4-8-16(18)22-19(24)13-21-20(25)14-23-12-11-15-7-3-5-9-17(15)23/h3-10H,2,11-14H2,1H3,(H,21,25). The van der Waals surface area contributed by atoms with Gasteiger partial charge in [0.05, 0.1) is 24.1 Å². The third-order valence-electron chi connectivity index (χ3n) is 4.81. The number of para-hydroxylation sites is 3. The SMILES string of the molecule is CCn1c(CNC(=O)CN2CCc3ccccc32)nc2ccccc21. The van der Waals surface area contributed by atoms with Crippen LogP contribution in [0.5, 0.6) is 0 Å². The molecule has 128 valence electrons. The molecule has 0 bridgehead atoms. The zero-order valence-electron chi connectivity index (χ0n) is 14.4. The Morgan fingerprint density at radius 1 is 1.16 bits per heavy atom. The lowest BCUT2D eigenvalue weighted by atomic mass is 10.2. The van der Waals surface area contributed by atoms with E-state index in [0.717, 1.165) is 36.4 Å². The van der Waals surface area contributed by atoms with Crippen LogP contribution in [-0.2, 0) is 24.3 Å². The number of carbonyl (C=O) groups excluding carboxylic acids is 1. The minimum atomic E-state index is 0.0337. The molecule has 1 aliphatic heterocycles. The number of carbonyl (C=O) groups is 1. The topological polar surface area (TPSA) is 50.2 Å². The van der Waals surface area contributed by atoms with Crippen molar-refractivity contribution >= 4 is 22.6 Å². The Morgan fingerprint density at radius 2 is 1.96 bits per heavy atom. The van der Waals surface area contributed by atoms with Crippen molar-refractivity contribution in [1.82, 2.24) is 14.9 Å². The summed E-state index contributed by atoms with van der Waals surface area (Å²) in [4.78, 5) is 19.2. The molecule has 0 unspecified atom stereocenters. The number of hydrogen-bond donors (Lipinski definition) is 1. The zero-order valence-corrected chi connectivity index (χ0v) is 14.4. The molecule has 0 saturated carbocycles. The van der Waals surface area contributed by atoms with Crippen molar-refractivity contribution in [3.8, 4) is 0 Å². The van der Waals surface area contributed by atoms with Crippen molar-refractivity contribution < 1.29 is 4.79 Å². The van der Waals surface area contributed by atoms with E-state index >= 15 is 0 Å². The van der Waals surface area contributed by atoms with E-state index in [0.29, 0.717) is 13.1 Å². The highest BCUT2D eigenvalue weighted by Gasteiger charge is 2.20. The number of imidazole rings is 1. The molecule has 3 aromatic rings. The highest BCUT2D eigenvalue weighted by Crippen LogP contribution is 2.26. The van der Waals surface area contributed by atoms with Crippen LogP contribution in [0.1, 0.15) is 18.3 Å². The summed E-state index contributed by atoms with van der Waals surface area (Å²) in [5, 5.41) is 3.03. The molecule has 25 heavy (non-hydrogen) atoms. The maximum Gasteiger partial charge on any atom is 0.239 e. The number of amides is 1. The number of anilines is 1.